The Morgan fingerprint density at radius 2 is 2.19 bits per heavy atom. The Kier molecular flexibility index (Phi) is 3.96. The van der Waals surface area contributed by atoms with Crippen molar-refractivity contribution in [2.45, 2.75) is 26.9 Å². The minimum atomic E-state index is -0.389. The van der Waals surface area contributed by atoms with Crippen LogP contribution in [0, 0.1) is 13.8 Å². The van der Waals surface area contributed by atoms with E-state index in [2.05, 4.69) is 20.2 Å². The number of hydrogen-bond donors (Lipinski definition) is 0. The minimum absolute atomic E-state index is 0.0140. The fourth-order valence-corrected chi connectivity index (χ4v) is 2.68. The third-order valence-corrected chi connectivity index (χ3v) is 4.01. The zero-order valence-electron chi connectivity index (χ0n) is 14.2. The Morgan fingerprint density at radius 1 is 1.31 bits per heavy atom. The minimum Gasteiger partial charge on any atom is -0.461 e. The van der Waals surface area contributed by atoms with E-state index in [1.54, 1.807) is 29.0 Å². The molecular weight excluding hydrogens is 338 g/mol. The van der Waals surface area contributed by atoms with Gasteiger partial charge in [-0.15, -0.1) is 0 Å². The lowest BCUT2D eigenvalue weighted by atomic mass is 10.1. The summed E-state index contributed by atoms with van der Waals surface area (Å²) < 4.78 is 17.3. The van der Waals surface area contributed by atoms with Crippen LogP contribution >= 0.6 is 0 Å². The number of ether oxygens (including phenoxy) is 1. The molecule has 0 aliphatic heterocycles. The molecule has 0 bridgehead atoms. The van der Waals surface area contributed by atoms with Gasteiger partial charge in [0.25, 0.3) is 5.78 Å². The Hall–Kier alpha value is -3.49. The highest BCUT2D eigenvalue weighted by Crippen LogP contribution is 2.21. The summed E-state index contributed by atoms with van der Waals surface area (Å²) in [5.74, 6) is 1.16. The molecule has 0 radical (unpaired) electrons. The van der Waals surface area contributed by atoms with E-state index >= 15 is 0 Å². The van der Waals surface area contributed by atoms with E-state index in [0.717, 1.165) is 17.0 Å². The first-order chi connectivity index (χ1) is 12.6. The molecule has 0 saturated heterocycles. The topological polar surface area (TPSA) is 109 Å². The van der Waals surface area contributed by atoms with Crippen LogP contribution in [0.1, 0.15) is 22.6 Å². The van der Waals surface area contributed by atoms with Crippen LogP contribution in [0.2, 0.25) is 0 Å². The van der Waals surface area contributed by atoms with Crippen LogP contribution in [-0.2, 0) is 22.6 Å². The quantitative estimate of drug-likeness (QED) is 0.503. The molecule has 9 nitrogen and oxygen atoms in total. The predicted octanol–water partition coefficient (Wildman–Crippen LogP) is 2.28. The van der Waals surface area contributed by atoms with Gasteiger partial charge in [-0.05, 0) is 26.0 Å². The average Bonchev–Trinajstić information content (AvgIpc) is 3.37. The van der Waals surface area contributed by atoms with Crippen LogP contribution in [0.15, 0.2) is 39.7 Å². The smallest absolute Gasteiger partial charge is 0.310 e. The molecule has 4 aromatic rings. The fraction of sp³-hybridized carbons (Fsp3) is 0.235. The molecule has 0 amide bonds. The van der Waals surface area contributed by atoms with Crippen molar-refractivity contribution in [1.29, 1.82) is 0 Å². The van der Waals surface area contributed by atoms with Crippen LogP contribution in [0.3, 0.4) is 0 Å². The summed E-state index contributed by atoms with van der Waals surface area (Å²) in [7, 11) is 0. The lowest BCUT2D eigenvalue weighted by Gasteiger charge is -2.09. The number of carbonyl (C=O) groups is 1. The summed E-state index contributed by atoms with van der Waals surface area (Å²) in [6.45, 7) is 3.71. The Labute approximate surface area is 147 Å². The zero-order chi connectivity index (χ0) is 18.1. The molecule has 0 saturated carbocycles. The van der Waals surface area contributed by atoms with Gasteiger partial charge < -0.3 is 13.7 Å². The molecule has 0 aliphatic rings. The van der Waals surface area contributed by atoms with Crippen molar-refractivity contribution in [2.75, 3.05) is 0 Å². The first-order valence-corrected chi connectivity index (χ1v) is 7.92. The maximum Gasteiger partial charge on any atom is 0.310 e. The third-order valence-electron chi connectivity index (χ3n) is 4.01. The van der Waals surface area contributed by atoms with Crippen LogP contribution in [0.5, 0.6) is 0 Å². The average molecular weight is 353 g/mol. The van der Waals surface area contributed by atoms with E-state index < -0.39 is 0 Å². The summed E-state index contributed by atoms with van der Waals surface area (Å²) in [4.78, 5) is 20.6. The Balaban J connectivity index is 1.43. The van der Waals surface area contributed by atoms with Crippen molar-refractivity contribution < 1.29 is 18.5 Å². The number of aryl methyl sites for hydroxylation is 2. The van der Waals surface area contributed by atoms with Crippen LogP contribution in [0.4, 0.5) is 0 Å². The number of carbonyl (C=O) groups excluding carboxylic acids is 1. The first-order valence-electron chi connectivity index (χ1n) is 7.92. The molecule has 0 atom stereocenters. The molecule has 0 fully saturated rings. The highest BCUT2D eigenvalue weighted by molar-refractivity contribution is 5.73. The first kappa shape index (κ1) is 16.0. The number of fused-ring (bicyclic) bond motifs is 1. The summed E-state index contributed by atoms with van der Waals surface area (Å²) in [6.07, 6.45) is 3.06. The molecule has 9 heteroatoms. The maximum absolute atomic E-state index is 12.2. The molecule has 0 spiro atoms. The molecule has 4 aromatic heterocycles. The van der Waals surface area contributed by atoms with Crippen molar-refractivity contribution >= 4 is 11.7 Å². The summed E-state index contributed by atoms with van der Waals surface area (Å²) in [6, 6.07) is 5.18. The number of furan rings is 1. The van der Waals surface area contributed by atoms with Crippen molar-refractivity contribution in [3.05, 3.63) is 53.4 Å². The van der Waals surface area contributed by atoms with Gasteiger partial charge in [0.05, 0.1) is 12.7 Å². The van der Waals surface area contributed by atoms with E-state index in [1.807, 2.05) is 13.8 Å². The molecule has 0 N–H and O–H groups in total. The van der Waals surface area contributed by atoms with E-state index in [1.165, 1.54) is 6.33 Å². The molecule has 0 unspecified atom stereocenters. The van der Waals surface area contributed by atoms with E-state index in [9.17, 15) is 4.79 Å². The lowest BCUT2D eigenvalue weighted by Crippen LogP contribution is -2.13. The van der Waals surface area contributed by atoms with Gasteiger partial charge in [0.1, 0.15) is 18.6 Å². The van der Waals surface area contributed by atoms with Gasteiger partial charge in [-0.3, -0.25) is 4.79 Å². The van der Waals surface area contributed by atoms with Gasteiger partial charge in [0.15, 0.2) is 5.76 Å². The SMILES string of the molecule is Cc1nc2ncnn2c(C)c1CC(=O)OCc1cc(-c2ccco2)on1. The predicted molar refractivity (Wildman–Crippen MR) is 88.0 cm³/mol. The lowest BCUT2D eigenvalue weighted by molar-refractivity contribution is -0.144. The second-order valence-electron chi connectivity index (χ2n) is 5.73. The second kappa shape index (κ2) is 6.43. The molecular formula is C17H15N5O4. The molecule has 4 heterocycles. The largest absolute Gasteiger partial charge is 0.461 e. The third kappa shape index (κ3) is 2.94. The molecule has 4 rings (SSSR count). The second-order valence-corrected chi connectivity index (χ2v) is 5.73. The highest BCUT2D eigenvalue weighted by Gasteiger charge is 2.16. The van der Waals surface area contributed by atoms with E-state index in [0.29, 0.717) is 23.0 Å². The van der Waals surface area contributed by atoms with Crippen molar-refractivity contribution in [3.8, 4) is 11.5 Å². The van der Waals surface area contributed by atoms with E-state index in [4.69, 9.17) is 13.7 Å². The maximum atomic E-state index is 12.2. The Morgan fingerprint density at radius 3 is 3.00 bits per heavy atom. The summed E-state index contributed by atoms with van der Waals surface area (Å²) in [5.41, 5.74) is 2.80. The van der Waals surface area contributed by atoms with Crippen LogP contribution < -0.4 is 0 Å². The number of esters is 1. The Bertz CT molecular complexity index is 1060. The van der Waals surface area contributed by atoms with Crippen molar-refractivity contribution in [1.82, 2.24) is 24.7 Å². The standard InChI is InChI=1S/C17H15N5O4/c1-10-13(11(2)22-17(20-10)18-9-19-22)7-16(23)25-8-12-6-15(26-21-12)14-4-3-5-24-14/h3-6,9H,7-8H2,1-2H3. The molecule has 26 heavy (non-hydrogen) atoms. The van der Waals surface area contributed by atoms with E-state index in [-0.39, 0.29) is 19.0 Å². The normalized spacial score (nSPS) is 11.2. The molecule has 0 aromatic carbocycles. The monoisotopic (exact) mass is 353 g/mol. The van der Waals surface area contributed by atoms with Crippen LogP contribution in [-0.4, -0.2) is 30.7 Å². The fourth-order valence-electron chi connectivity index (χ4n) is 2.68. The van der Waals surface area contributed by atoms with Gasteiger partial charge in [0, 0.05) is 23.0 Å². The highest BCUT2D eigenvalue weighted by atomic mass is 16.5. The van der Waals surface area contributed by atoms with Gasteiger partial charge in [-0.2, -0.15) is 10.1 Å². The van der Waals surface area contributed by atoms with Gasteiger partial charge in [-0.1, -0.05) is 5.16 Å². The van der Waals surface area contributed by atoms with Gasteiger partial charge in [-0.25, -0.2) is 9.50 Å². The summed E-state index contributed by atoms with van der Waals surface area (Å²) in [5, 5.41) is 7.98. The number of nitrogens with zero attached hydrogens (tertiary/aromatic N) is 5. The molecule has 132 valence electrons. The van der Waals surface area contributed by atoms with Crippen LogP contribution in [0.25, 0.3) is 17.3 Å². The van der Waals surface area contributed by atoms with Crippen molar-refractivity contribution in [3.63, 3.8) is 0 Å². The van der Waals surface area contributed by atoms with Gasteiger partial charge in [0.2, 0.25) is 5.76 Å². The number of rotatable bonds is 5. The van der Waals surface area contributed by atoms with Gasteiger partial charge >= 0.3 is 5.97 Å². The van der Waals surface area contributed by atoms with Crippen molar-refractivity contribution in [2.24, 2.45) is 0 Å². The number of hydrogen-bond acceptors (Lipinski definition) is 8. The zero-order valence-corrected chi connectivity index (χ0v) is 14.2. The number of aromatic nitrogens is 5. The molecule has 0 aliphatic carbocycles. The summed E-state index contributed by atoms with van der Waals surface area (Å²) >= 11 is 0.